The molecule has 1 aliphatic rings. The van der Waals surface area contributed by atoms with E-state index in [0.717, 1.165) is 5.56 Å². The number of para-hydroxylation sites is 1. The van der Waals surface area contributed by atoms with Gasteiger partial charge in [-0.3, -0.25) is 4.79 Å². The fourth-order valence-corrected chi connectivity index (χ4v) is 2.60. The highest BCUT2D eigenvalue weighted by Crippen LogP contribution is 2.34. The van der Waals surface area contributed by atoms with Crippen molar-refractivity contribution in [3.8, 4) is 23.0 Å². The molecule has 0 atom stereocenters. The minimum absolute atomic E-state index is 0.0845. The van der Waals surface area contributed by atoms with Crippen molar-refractivity contribution in [2.24, 2.45) is 0 Å². The summed E-state index contributed by atoms with van der Waals surface area (Å²) in [4.78, 5) is 12.2. The minimum atomic E-state index is -0.0845. The smallest absolute Gasteiger partial charge is 0.231 e. The molecule has 0 aliphatic carbocycles. The van der Waals surface area contributed by atoms with E-state index in [4.69, 9.17) is 18.9 Å². The molecule has 1 N–H and O–H groups in total. The average Bonchev–Trinajstić information content (AvgIpc) is 3.07. The highest BCUT2D eigenvalue weighted by molar-refractivity contribution is 5.91. The highest BCUT2D eigenvalue weighted by Gasteiger charge is 2.15. The first-order valence-electron chi connectivity index (χ1n) is 7.60. The van der Waals surface area contributed by atoms with Gasteiger partial charge in [-0.15, -0.1) is 0 Å². The maximum atomic E-state index is 12.2. The second-order valence-electron chi connectivity index (χ2n) is 5.27. The van der Waals surface area contributed by atoms with Gasteiger partial charge in [-0.2, -0.15) is 0 Å². The molecule has 1 heterocycles. The number of benzene rings is 2. The summed E-state index contributed by atoms with van der Waals surface area (Å²) in [5.41, 5.74) is 1.61. The third kappa shape index (κ3) is 3.37. The van der Waals surface area contributed by atoms with Gasteiger partial charge in [-0.1, -0.05) is 12.1 Å². The summed E-state index contributed by atoms with van der Waals surface area (Å²) in [5, 5.41) is 2.86. The standard InChI is InChI=1S/C18H19NO5/c1-21-15-5-3-4-12(18(15)22-2)6-9-17(20)19-13-7-8-14-16(10-13)24-11-23-14/h3-5,7-8,10H,6,9,11H2,1-2H3,(H,19,20). The predicted molar refractivity (Wildman–Crippen MR) is 89.1 cm³/mol. The fraction of sp³-hybridized carbons (Fsp3) is 0.278. The molecule has 126 valence electrons. The Kier molecular flexibility index (Phi) is 4.74. The van der Waals surface area contributed by atoms with Gasteiger partial charge in [0.15, 0.2) is 23.0 Å². The Hall–Kier alpha value is -2.89. The largest absolute Gasteiger partial charge is 0.493 e. The van der Waals surface area contributed by atoms with Crippen LogP contribution in [0.3, 0.4) is 0 Å². The second-order valence-corrected chi connectivity index (χ2v) is 5.27. The van der Waals surface area contributed by atoms with Crippen molar-refractivity contribution in [3.63, 3.8) is 0 Å². The molecule has 0 aromatic heterocycles. The Morgan fingerprint density at radius 3 is 2.75 bits per heavy atom. The van der Waals surface area contributed by atoms with E-state index in [9.17, 15) is 4.79 Å². The molecule has 1 amide bonds. The summed E-state index contributed by atoms with van der Waals surface area (Å²) < 4.78 is 21.2. The third-order valence-corrected chi connectivity index (χ3v) is 3.76. The molecule has 0 saturated carbocycles. The van der Waals surface area contributed by atoms with Crippen molar-refractivity contribution in [2.75, 3.05) is 26.3 Å². The summed E-state index contributed by atoms with van der Waals surface area (Å²) in [6.45, 7) is 0.211. The highest BCUT2D eigenvalue weighted by atomic mass is 16.7. The first-order valence-corrected chi connectivity index (χ1v) is 7.60. The van der Waals surface area contributed by atoms with E-state index >= 15 is 0 Å². The number of hydrogen-bond acceptors (Lipinski definition) is 5. The van der Waals surface area contributed by atoms with Crippen molar-refractivity contribution in [1.29, 1.82) is 0 Å². The van der Waals surface area contributed by atoms with Crippen molar-refractivity contribution in [2.45, 2.75) is 12.8 Å². The van der Waals surface area contributed by atoms with Crippen LogP contribution < -0.4 is 24.3 Å². The van der Waals surface area contributed by atoms with Crippen LogP contribution in [0, 0.1) is 0 Å². The number of ether oxygens (including phenoxy) is 4. The molecule has 0 radical (unpaired) electrons. The first-order chi connectivity index (χ1) is 11.7. The van der Waals surface area contributed by atoms with E-state index in [1.807, 2.05) is 18.2 Å². The number of rotatable bonds is 6. The third-order valence-electron chi connectivity index (χ3n) is 3.76. The molecule has 0 fully saturated rings. The van der Waals surface area contributed by atoms with E-state index in [0.29, 0.717) is 41.5 Å². The van der Waals surface area contributed by atoms with Crippen LogP contribution in [0.2, 0.25) is 0 Å². The molecule has 0 bridgehead atoms. The molecule has 0 spiro atoms. The van der Waals surface area contributed by atoms with Gasteiger partial charge in [0.2, 0.25) is 12.7 Å². The second kappa shape index (κ2) is 7.12. The van der Waals surface area contributed by atoms with E-state index in [2.05, 4.69) is 5.32 Å². The van der Waals surface area contributed by atoms with Crippen molar-refractivity contribution in [1.82, 2.24) is 0 Å². The molecule has 3 rings (SSSR count). The Labute approximate surface area is 140 Å². The van der Waals surface area contributed by atoms with Crippen LogP contribution in [-0.4, -0.2) is 26.9 Å². The summed E-state index contributed by atoms with van der Waals surface area (Å²) in [5.74, 6) is 2.57. The normalized spacial score (nSPS) is 11.9. The van der Waals surface area contributed by atoms with Gasteiger partial charge in [0.25, 0.3) is 0 Å². The van der Waals surface area contributed by atoms with E-state index in [-0.39, 0.29) is 12.7 Å². The Morgan fingerprint density at radius 2 is 1.96 bits per heavy atom. The van der Waals surface area contributed by atoms with Crippen LogP contribution in [0.5, 0.6) is 23.0 Å². The molecule has 24 heavy (non-hydrogen) atoms. The van der Waals surface area contributed by atoms with E-state index in [1.165, 1.54) is 0 Å². The molecule has 0 unspecified atom stereocenters. The van der Waals surface area contributed by atoms with Crippen LogP contribution in [-0.2, 0) is 11.2 Å². The monoisotopic (exact) mass is 329 g/mol. The SMILES string of the molecule is COc1cccc(CCC(=O)Nc2ccc3c(c2)OCO3)c1OC. The van der Waals surface area contributed by atoms with E-state index < -0.39 is 0 Å². The number of hydrogen-bond donors (Lipinski definition) is 1. The number of aryl methyl sites for hydroxylation is 1. The zero-order valence-electron chi connectivity index (χ0n) is 13.6. The number of methoxy groups -OCH3 is 2. The summed E-state index contributed by atoms with van der Waals surface area (Å²) in [7, 11) is 3.18. The molecule has 2 aromatic carbocycles. The molecule has 6 nitrogen and oxygen atoms in total. The lowest BCUT2D eigenvalue weighted by Crippen LogP contribution is -2.12. The lowest BCUT2D eigenvalue weighted by Gasteiger charge is -2.12. The maximum absolute atomic E-state index is 12.2. The zero-order valence-corrected chi connectivity index (χ0v) is 13.6. The van der Waals surface area contributed by atoms with Crippen LogP contribution in [0.25, 0.3) is 0 Å². The average molecular weight is 329 g/mol. The molecular formula is C18H19NO5. The van der Waals surface area contributed by atoms with Gasteiger partial charge in [0.1, 0.15) is 0 Å². The number of carbonyl (C=O) groups excluding carboxylic acids is 1. The number of anilines is 1. The molecule has 1 aliphatic heterocycles. The molecular weight excluding hydrogens is 310 g/mol. The lowest BCUT2D eigenvalue weighted by molar-refractivity contribution is -0.116. The Balaban J connectivity index is 1.62. The van der Waals surface area contributed by atoms with Gasteiger partial charge < -0.3 is 24.3 Å². The summed E-state index contributed by atoms with van der Waals surface area (Å²) >= 11 is 0. The summed E-state index contributed by atoms with van der Waals surface area (Å²) in [6.07, 6.45) is 0.884. The van der Waals surface area contributed by atoms with Gasteiger partial charge >= 0.3 is 0 Å². The molecule has 2 aromatic rings. The van der Waals surface area contributed by atoms with Gasteiger partial charge in [-0.25, -0.2) is 0 Å². The Bertz CT molecular complexity index is 744. The first kappa shape index (κ1) is 16.0. The van der Waals surface area contributed by atoms with Crippen LogP contribution >= 0.6 is 0 Å². The molecule has 0 saturated heterocycles. The number of amides is 1. The van der Waals surface area contributed by atoms with Gasteiger partial charge in [0, 0.05) is 18.2 Å². The quantitative estimate of drug-likeness (QED) is 0.882. The minimum Gasteiger partial charge on any atom is -0.493 e. The van der Waals surface area contributed by atoms with Gasteiger partial charge in [-0.05, 0) is 30.2 Å². The summed E-state index contributed by atoms with van der Waals surface area (Å²) in [6, 6.07) is 11.0. The Morgan fingerprint density at radius 1 is 1.12 bits per heavy atom. The number of nitrogens with one attached hydrogen (secondary N) is 1. The fourth-order valence-electron chi connectivity index (χ4n) is 2.60. The maximum Gasteiger partial charge on any atom is 0.231 e. The van der Waals surface area contributed by atoms with Crippen LogP contribution in [0.1, 0.15) is 12.0 Å². The topological polar surface area (TPSA) is 66.0 Å². The number of carbonyl (C=O) groups is 1. The van der Waals surface area contributed by atoms with Crippen molar-refractivity contribution >= 4 is 11.6 Å². The zero-order chi connectivity index (χ0) is 16.9. The molecule has 6 heteroatoms. The predicted octanol–water partition coefficient (Wildman–Crippen LogP) is 3.00. The van der Waals surface area contributed by atoms with Gasteiger partial charge in [0.05, 0.1) is 14.2 Å². The number of fused-ring (bicyclic) bond motifs is 1. The van der Waals surface area contributed by atoms with Crippen LogP contribution in [0.4, 0.5) is 5.69 Å². The lowest BCUT2D eigenvalue weighted by atomic mass is 10.1. The van der Waals surface area contributed by atoms with Crippen LogP contribution in [0.15, 0.2) is 36.4 Å². The van der Waals surface area contributed by atoms with Crippen molar-refractivity contribution < 1.29 is 23.7 Å². The van der Waals surface area contributed by atoms with Crippen molar-refractivity contribution in [3.05, 3.63) is 42.0 Å². The van der Waals surface area contributed by atoms with E-state index in [1.54, 1.807) is 32.4 Å².